The number of nitrogens with zero attached hydrogens (tertiary/aromatic N) is 2. The summed E-state index contributed by atoms with van der Waals surface area (Å²) in [5.41, 5.74) is 5.04. The van der Waals surface area contributed by atoms with Gasteiger partial charge in [-0.05, 0) is 22.8 Å². The van der Waals surface area contributed by atoms with Crippen molar-refractivity contribution in [2.24, 2.45) is 4.99 Å². The predicted octanol–water partition coefficient (Wildman–Crippen LogP) is 5.17. The van der Waals surface area contributed by atoms with E-state index >= 15 is 0 Å². The minimum absolute atomic E-state index is 0.247. The molecule has 0 radical (unpaired) electrons. The van der Waals surface area contributed by atoms with Crippen LogP contribution in [0, 0.1) is 0 Å². The van der Waals surface area contributed by atoms with Crippen LogP contribution in [0.4, 0.5) is 0 Å². The van der Waals surface area contributed by atoms with E-state index in [4.69, 9.17) is 4.99 Å². The standard InChI is InChI=1S/C24H20N2/c1-4-10-18(11-5-1)21-16-17-25-22(19-12-6-2-7-13-19)24-23(26(21)24)20-14-8-3-9-15-20/h1-17,21,23-24H/t21-,23+,24-,26?/m0/s1. The van der Waals surface area contributed by atoms with Crippen LogP contribution in [0.3, 0.4) is 0 Å². The molecule has 3 aromatic carbocycles. The van der Waals surface area contributed by atoms with Crippen LogP contribution < -0.4 is 0 Å². The molecular formula is C24H20N2. The fourth-order valence-electron chi connectivity index (χ4n) is 4.06. The first-order valence-electron chi connectivity index (χ1n) is 9.10. The van der Waals surface area contributed by atoms with Gasteiger partial charge in [0.2, 0.25) is 0 Å². The Kier molecular flexibility index (Phi) is 3.76. The molecule has 0 N–H and O–H groups in total. The Labute approximate surface area is 154 Å². The molecule has 26 heavy (non-hydrogen) atoms. The molecule has 5 rings (SSSR count). The molecule has 2 aliphatic rings. The van der Waals surface area contributed by atoms with Gasteiger partial charge in [-0.1, -0.05) is 91.0 Å². The van der Waals surface area contributed by atoms with Gasteiger partial charge in [-0.25, -0.2) is 0 Å². The molecule has 0 saturated carbocycles. The van der Waals surface area contributed by atoms with E-state index in [-0.39, 0.29) is 6.04 Å². The third-order valence-corrected chi connectivity index (χ3v) is 5.29. The first kappa shape index (κ1) is 15.3. The number of benzene rings is 3. The second-order valence-corrected chi connectivity index (χ2v) is 6.82. The van der Waals surface area contributed by atoms with Crippen LogP contribution in [0.5, 0.6) is 0 Å². The summed E-state index contributed by atoms with van der Waals surface area (Å²) in [4.78, 5) is 7.43. The van der Waals surface area contributed by atoms with Crippen LogP contribution in [0.1, 0.15) is 28.8 Å². The Bertz CT molecular complexity index is 945. The van der Waals surface area contributed by atoms with E-state index in [9.17, 15) is 0 Å². The fourth-order valence-corrected chi connectivity index (χ4v) is 4.06. The summed E-state index contributed by atoms with van der Waals surface area (Å²) in [6.07, 6.45) is 4.20. The lowest BCUT2D eigenvalue weighted by atomic mass is 10.0. The molecule has 0 spiro atoms. The number of hydrogen-bond donors (Lipinski definition) is 0. The van der Waals surface area contributed by atoms with Crippen LogP contribution in [-0.4, -0.2) is 16.7 Å². The molecular weight excluding hydrogens is 316 g/mol. The van der Waals surface area contributed by atoms with Crippen molar-refractivity contribution in [3.05, 3.63) is 120 Å². The fraction of sp³-hybridized carbons (Fsp3) is 0.125. The zero-order chi connectivity index (χ0) is 17.3. The maximum Gasteiger partial charge on any atom is 0.0740 e. The molecule has 0 amide bonds. The molecule has 0 aromatic heterocycles. The number of rotatable bonds is 3. The third kappa shape index (κ3) is 2.59. The van der Waals surface area contributed by atoms with Crippen molar-refractivity contribution < 1.29 is 0 Å². The molecule has 1 saturated heterocycles. The number of fused-ring (bicyclic) bond motifs is 1. The highest BCUT2D eigenvalue weighted by Crippen LogP contribution is 2.52. The van der Waals surface area contributed by atoms with Gasteiger partial charge in [0.15, 0.2) is 0 Å². The van der Waals surface area contributed by atoms with Gasteiger partial charge in [0.1, 0.15) is 0 Å². The van der Waals surface area contributed by atoms with Crippen molar-refractivity contribution in [1.29, 1.82) is 0 Å². The molecule has 0 aliphatic carbocycles. The average Bonchev–Trinajstić information content (AvgIpc) is 3.47. The van der Waals surface area contributed by atoms with E-state index in [0.717, 1.165) is 5.71 Å². The lowest BCUT2D eigenvalue weighted by Gasteiger charge is -2.16. The maximum atomic E-state index is 4.86. The summed E-state index contributed by atoms with van der Waals surface area (Å²) >= 11 is 0. The quantitative estimate of drug-likeness (QED) is 0.602. The lowest BCUT2D eigenvalue weighted by molar-refractivity contribution is 0.438. The van der Waals surface area contributed by atoms with E-state index in [1.165, 1.54) is 16.7 Å². The monoisotopic (exact) mass is 336 g/mol. The van der Waals surface area contributed by atoms with Crippen molar-refractivity contribution in [2.75, 3.05) is 0 Å². The van der Waals surface area contributed by atoms with Gasteiger partial charge in [-0.15, -0.1) is 0 Å². The van der Waals surface area contributed by atoms with Crippen LogP contribution in [-0.2, 0) is 0 Å². The van der Waals surface area contributed by atoms with E-state index in [1.54, 1.807) is 0 Å². The molecule has 2 heterocycles. The zero-order valence-electron chi connectivity index (χ0n) is 14.4. The summed E-state index contributed by atoms with van der Waals surface area (Å²) in [6.45, 7) is 0. The van der Waals surface area contributed by atoms with Gasteiger partial charge >= 0.3 is 0 Å². The topological polar surface area (TPSA) is 15.4 Å². The normalized spacial score (nSPS) is 26.5. The van der Waals surface area contributed by atoms with Crippen molar-refractivity contribution >= 4 is 5.71 Å². The highest BCUT2D eigenvalue weighted by molar-refractivity contribution is 6.07. The molecule has 1 fully saturated rings. The highest BCUT2D eigenvalue weighted by atomic mass is 15.4. The van der Waals surface area contributed by atoms with Crippen LogP contribution >= 0.6 is 0 Å². The predicted molar refractivity (Wildman–Crippen MR) is 106 cm³/mol. The minimum atomic E-state index is 0.247. The maximum absolute atomic E-state index is 4.86. The highest BCUT2D eigenvalue weighted by Gasteiger charge is 2.55. The summed E-state index contributed by atoms with van der Waals surface area (Å²) in [6, 6.07) is 33.0. The average molecular weight is 336 g/mol. The molecule has 1 unspecified atom stereocenters. The van der Waals surface area contributed by atoms with Gasteiger partial charge in [0.05, 0.1) is 23.8 Å². The van der Waals surface area contributed by atoms with Crippen LogP contribution in [0.25, 0.3) is 0 Å². The first-order valence-corrected chi connectivity index (χ1v) is 9.10. The minimum Gasteiger partial charge on any atom is -0.273 e. The van der Waals surface area contributed by atoms with E-state index in [2.05, 4.69) is 102 Å². The second kappa shape index (κ2) is 6.40. The molecule has 2 nitrogen and oxygen atoms in total. The molecule has 0 bridgehead atoms. The third-order valence-electron chi connectivity index (χ3n) is 5.29. The van der Waals surface area contributed by atoms with Crippen molar-refractivity contribution in [1.82, 2.24) is 4.90 Å². The molecule has 126 valence electrons. The summed E-state index contributed by atoms with van der Waals surface area (Å²) in [7, 11) is 0. The van der Waals surface area contributed by atoms with Gasteiger partial charge in [-0.2, -0.15) is 0 Å². The number of aliphatic imine (C=N–C) groups is 1. The Balaban J connectivity index is 1.58. The van der Waals surface area contributed by atoms with Crippen molar-refractivity contribution in [3.8, 4) is 0 Å². The summed E-state index contributed by atoms with van der Waals surface area (Å²) in [5.74, 6) is 0. The zero-order valence-corrected chi connectivity index (χ0v) is 14.4. The Morgan fingerprint density at radius 1 is 0.615 bits per heavy atom. The Hall–Kier alpha value is -2.97. The second-order valence-electron chi connectivity index (χ2n) is 6.82. The van der Waals surface area contributed by atoms with Gasteiger partial charge < -0.3 is 0 Å². The van der Waals surface area contributed by atoms with Gasteiger partial charge in [0, 0.05) is 6.20 Å². The van der Waals surface area contributed by atoms with Gasteiger partial charge in [-0.3, -0.25) is 9.89 Å². The smallest absolute Gasteiger partial charge is 0.0740 e. The molecule has 4 atom stereocenters. The van der Waals surface area contributed by atoms with E-state index in [1.807, 2.05) is 6.20 Å². The molecule has 2 heteroatoms. The SMILES string of the molecule is C1=C[C@@H](c2ccccc2)N2[C@H](c3ccccc3)[C@@H]2C(c2ccccc2)=N1. The summed E-state index contributed by atoms with van der Waals surface area (Å²) in [5, 5.41) is 0. The van der Waals surface area contributed by atoms with Gasteiger partial charge in [0.25, 0.3) is 0 Å². The molecule has 2 aliphatic heterocycles. The Morgan fingerprint density at radius 2 is 1.19 bits per heavy atom. The van der Waals surface area contributed by atoms with E-state index < -0.39 is 0 Å². The first-order chi connectivity index (χ1) is 12.9. The summed E-state index contributed by atoms with van der Waals surface area (Å²) < 4.78 is 0. The molecule has 3 aromatic rings. The van der Waals surface area contributed by atoms with Crippen molar-refractivity contribution in [2.45, 2.75) is 18.1 Å². The van der Waals surface area contributed by atoms with Crippen molar-refractivity contribution in [3.63, 3.8) is 0 Å². The Morgan fingerprint density at radius 3 is 1.85 bits per heavy atom. The largest absolute Gasteiger partial charge is 0.273 e. The van der Waals surface area contributed by atoms with E-state index in [0.29, 0.717) is 12.1 Å². The number of hydrogen-bond acceptors (Lipinski definition) is 2. The lowest BCUT2D eigenvalue weighted by Crippen LogP contribution is -2.15. The van der Waals surface area contributed by atoms with Crippen LogP contribution in [0.15, 0.2) is 108 Å². The van der Waals surface area contributed by atoms with Crippen LogP contribution in [0.2, 0.25) is 0 Å².